The van der Waals surface area contributed by atoms with E-state index < -0.39 is 0 Å². The molecule has 0 aliphatic carbocycles. The largest absolute Gasteiger partial charge is 0.366 e. The first-order chi connectivity index (χ1) is 6.86. The summed E-state index contributed by atoms with van der Waals surface area (Å²) in [5.74, 6) is 0.958. The highest BCUT2D eigenvalue weighted by atomic mass is 79.9. The van der Waals surface area contributed by atoms with Crippen molar-refractivity contribution >= 4 is 46.6 Å². The molecule has 2 rings (SSSR count). The Morgan fingerprint density at radius 1 is 1.31 bits per heavy atom. The van der Waals surface area contributed by atoms with Crippen molar-refractivity contribution in [3.8, 4) is 0 Å². The average molecular weight is 329 g/mol. The van der Waals surface area contributed by atoms with Gasteiger partial charge in [-0.25, -0.2) is 4.98 Å². The summed E-state index contributed by atoms with van der Waals surface area (Å²) in [5, 5.41) is 6.79. The number of nitrogens with zero attached hydrogens (tertiary/aromatic N) is 1. The summed E-state index contributed by atoms with van der Waals surface area (Å²) in [5.41, 5.74) is 0. The minimum atomic E-state index is 0. The monoisotopic (exact) mass is 327 g/mol. The van der Waals surface area contributed by atoms with Gasteiger partial charge in [-0.2, -0.15) is 0 Å². The molecule has 0 radical (unpaired) electrons. The Kier molecular flexibility index (Phi) is 8.10. The van der Waals surface area contributed by atoms with Crippen LogP contribution in [0.1, 0.15) is 12.8 Å². The third-order valence-corrected chi connectivity index (χ3v) is 3.08. The van der Waals surface area contributed by atoms with Gasteiger partial charge in [0.25, 0.3) is 0 Å². The molecule has 1 aromatic rings. The fourth-order valence-electron chi connectivity index (χ4n) is 1.65. The van der Waals surface area contributed by atoms with E-state index in [1.807, 2.05) is 18.3 Å². The molecular weight excluding hydrogens is 313 g/mol. The second kappa shape index (κ2) is 8.12. The van der Waals surface area contributed by atoms with E-state index in [-0.39, 0.29) is 24.8 Å². The normalized spacial score (nSPS) is 15.8. The minimum Gasteiger partial charge on any atom is -0.366 e. The highest BCUT2D eigenvalue weighted by molar-refractivity contribution is 9.10. The smallest absolute Gasteiger partial charge is 0.140 e. The van der Waals surface area contributed by atoms with Crippen molar-refractivity contribution in [2.45, 2.75) is 18.9 Å². The summed E-state index contributed by atoms with van der Waals surface area (Å²) in [6.07, 6.45) is 4.15. The van der Waals surface area contributed by atoms with Gasteiger partial charge in [-0.15, -0.1) is 24.8 Å². The van der Waals surface area contributed by atoms with E-state index in [1.54, 1.807) is 0 Å². The van der Waals surface area contributed by atoms with Crippen LogP contribution in [0, 0.1) is 0 Å². The van der Waals surface area contributed by atoms with Gasteiger partial charge in [-0.3, -0.25) is 0 Å². The highest BCUT2D eigenvalue weighted by Crippen LogP contribution is 2.20. The second-order valence-electron chi connectivity index (χ2n) is 3.50. The van der Waals surface area contributed by atoms with E-state index in [0.717, 1.165) is 23.4 Å². The van der Waals surface area contributed by atoms with Crippen molar-refractivity contribution in [2.24, 2.45) is 0 Å². The van der Waals surface area contributed by atoms with Gasteiger partial charge in [0.1, 0.15) is 5.82 Å². The van der Waals surface area contributed by atoms with Crippen molar-refractivity contribution in [1.29, 1.82) is 0 Å². The minimum absolute atomic E-state index is 0. The predicted molar refractivity (Wildman–Crippen MR) is 75.9 cm³/mol. The van der Waals surface area contributed by atoms with Crippen LogP contribution in [0.15, 0.2) is 22.8 Å². The molecule has 0 unspecified atom stereocenters. The van der Waals surface area contributed by atoms with Crippen molar-refractivity contribution in [3.05, 3.63) is 22.8 Å². The fourth-order valence-corrected chi connectivity index (χ4v) is 2.02. The summed E-state index contributed by atoms with van der Waals surface area (Å²) >= 11 is 3.48. The molecule has 1 fully saturated rings. The molecule has 0 bridgehead atoms. The Balaban J connectivity index is 0.00000112. The molecule has 2 heterocycles. The molecule has 92 valence electrons. The van der Waals surface area contributed by atoms with E-state index in [1.165, 1.54) is 12.8 Å². The highest BCUT2D eigenvalue weighted by Gasteiger charge is 2.13. The SMILES string of the molecule is Brc1cccnc1NC1CCNCC1.Cl.Cl. The zero-order chi connectivity index (χ0) is 9.80. The van der Waals surface area contributed by atoms with Gasteiger partial charge in [0.2, 0.25) is 0 Å². The number of rotatable bonds is 2. The molecule has 6 heteroatoms. The first-order valence-electron chi connectivity index (χ1n) is 4.94. The lowest BCUT2D eigenvalue weighted by atomic mass is 10.1. The van der Waals surface area contributed by atoms with Crippen molar-refractivity contribution in [3.63, 3.8) is 0 Å². The quantitative estimate of drug-likeness (QED) is 0.876. The first kappa shape index (κ1) is 16.0. The van der Waals surface area contributed by atoms with E-state index in [9.17, 15) is 0 Å². The molecule has 3 nitrogen and oxygen atoms in total. The summed E-state index contributed by atoms with van der Waals surface area (Å²) in [6.45, 7) is 2.20. The van der Waals surface area contributed by atoms with Crippen LogP contribution in [0.3, 0.4) is 0 Å². The van der Waals surface area contributed by atoms with Gasteiger partial charge in [-0.1, -0.05) is 0 Å². The summed E-state index contributed by atoms with van der Waals surface area (Å²) in [6, 6.07) is 4.50. The third kappa shape index (κ3) is 4.45. The number of halogens is 3. The molecule has 2 N–H and O–H groups in total. The van der Waals surface area contributed by atoms with Gasteiger partial charge >= 0.3 is 0 Å². The van der Waals surface area contributed by atoms with Crippen LogP contribution in [0.5, 0.6) is 0 Å². The zero-order valence-corrected chi connectivity index (χ0v) is 12.0. The van der Waals surface area contributed by atoms with Crippen molar-refractivity contribution in [2.75, 3.05) is 18.4 Å². The topological polar surface area (TPSA) is 37.0 Å². The maximum Gasteiger partial charge on any atom is 0.140 e. The Bertz CT molecular complexity index is 306. The molecular formula is C10H16BrCl2N3. The van der Waals surface area contributed by atoms with Gasteiger partial charge in [0.15, 0.2) is 0 Å². The summed E-state index contributed by atoms with van der Waals surface area (Å²) < 4.78 is 1.04. The van der Waals surface area contributed by atoms with Crippen LogP contribution < -0.4 is 10.6 Å². The van der Waals surface area contributed by atoms with Crippen LogP contribution in [-0.4, -0.2) is 24.1 Å². The average Bonchev–Trinajstić information content (AvgIpc) is 2.23. The van der Waals surface area contributed by atoms with Gasteiger partial charge < -0.3 is 10.6 Å². The summed E-state index contributed by atoms with van der Waals surface area (Å²) in [7, 11) is 0. The van der Waals surface area contributed by atoms with Gasteiger partial charge in [0, 0.05) is 12.2 Å². The van der Waals surface area contributed by atoms with E-state index >= 15 is 0 Å². The van der Waals surface area contributed by atoms with Crippen LogP contribution in [0.25, 0.3) is 0 Å². The third-order valence-electron chi connectivity index (χ3n) is 2.44. The van der Waals surface area contributed by atoms with E-state index in [2.05, 4.69) is 31.5 Å². The molecule has 0 atom stereocenters. The Hall–Kier alpha value is -0.0300. The van der Waals surface area contributed by atoms with Crippen LogP contribution in [0.2, 0.25) is 0 Å². The fraction of sp³-hybridized carbons (Fsp3) is 0.500. The van der Waals surface area contributed by atoms with Gasteiger partial charge in [0.05, 0.1) is 4.47 Å². The zero-order valence-electron chi connectivity index (χ0n) is 8.78. The lowest BCUT2D eigenvalue weighted by Crippen LogP contribution is -2.35. The van der Waals surface area contributed by atoms with E-state index in [0.29, 0.717) is 6.04 Å². The Labute approximate surface area is 117 Å². The lowest BCUT2D eigenvalue weighted by molar-refractivity contribution is 0.478. The second-order valence-corrected chi connectivity index (χ2v) is 4.36. The molecule has 16 heavy (non-hydrogen) atoms. The Morgan fingerprint density at radius 2 is 2.00 bits per heavy atom. The number of piperidine rings is 1. The Morgan fingerprint density at radius 3 is 2.62 bits per heavy atom. The maximum atomic E-state index is 4.29. The van der Waals surface area contributed by atoms with E-state index in [4.69, 9.17) is 0 Å². The molecule has 1 aliphatic heterocycles. The molecule has 1 aliphatic rings. The number of hydrogen-bond donors (Lipinski definition) is 2. The predicted octanol–water partition coefficient (Wildman–Crippen LogP) is 2.85. The molecule has 0 amide bonds. The molecule has 0 aromatic carbocycles. The van der Waals surface area contributed by atoms with Crippen molar-refractivity contribution < 1.29 is 0 Å². The number of pyridine rings is 1. The standard InChI is InChI=1S/C10H14BrN3.2ClH/c11-9-2-1-5-13-10(9)14-8-3-6-12-7-4-8;;/h1-2,5,8,12H,3-4,6-7H2,(H,13,14);2*1H. The summed E-state index contributed by atoms with van der Waals surface area (Å²) in [4.78, 5) is 4.29. The number of nitrogens with one attached hydrogen (secondary N) is 2. The number of hydrogen-bond acceptors (Lipinski definition) is 3. The van der Waals surface area contributed by atoms with Crippen molar-refractivity contribution in [1.82, 2.24) is 10.3 Å². The molecule has 1 aromatic heterocycles. The molecule has 1 saturated heterocycles. The molecule has 0 spiro atoms. The first-order valence-corrected chi connectivity index (χ1v) is 5.73. The van der Waals surface area contributed by atoms with Crippen LogP contribution in [-0.2, 0) is 0 Å². The van der Waals surface area contributed by atoms with Crippen LogP contribution in [0.4, 0.5) is 5.82 Å². The maximum absolute atomic E-state index is 4.29. The number of aromatic nitrogens is 1. The number of anilines is 1. The van der Waals surface area contributed by atoms with Gasteiger partial charge in [-0.05, 0) is 54.0 Å². The molecule has 0 saturated carbocycles. The van der Waals surface area contributed by atoms with Crippen LogP contribution >= 0.6 is 40.7 Å². The lowest BCUT2D eigenvalue weighted by Gasteiger charge is -2.24.